The Morgan fingerprint density at radius 2 is 2.35 bits per heavy atom. The second-order valence-electron chi connectivity index (χ2n) is 3.96. The van der Waals surface area contributed by atoms with E-state index in [1.807, 2.05) is 0 Å². The summed E-state index contributed by atoms with van der Waals surface area (Å²) in [7, 11) is 0. The van der Waals surface area contributed by atoms with Crippen molar-refractivity contribution in [1.29, 1.82) is 0 Å². The predicted octanol–water partition coefficient (Wildman–Crippen LogP) is 1.59. The fraction of sp³-hybridized carbons (Fsp3) is 0.273. The van der Waals surface area contributed by atoms with E-state index in [9.17, 15) is 4.79 Å². The quantitative estimate of drug-likeness (QED) is 0.865. The first-order chi connectivity index (χ1) is 8.34. The van der Waals surface area contributed by atoms with Crippen molar-refractivity contribution in [2.24, 2.45) is 0 Å². The summed E-state index contributed by atoms with van der Waals surface area (Å²) < 4.78 is 4.88. The summed E-state index contributed by atoms with van der Waals surface area (Å²) in [5.41, 5.74) is 1.22. The highest BCUT2D eigenvalue weighted by molar-refractivity contribution is 6.02. The van der Waals surface area contributed by atoms with Gasteiger partial charge in [-0.2, -0.15) is 5.10 Å². The normalized spacial score (nSPS) is 14.6. The van der Waals surface area contributed by atoms with Crippen molar-refractivity contribution in [1.82, 2.24) is 15.4 Å². The molecule has 0 aliphatic heterocycles. The zero-order chi connectivity index (χ0) is 11.7. The van der Waals surface area contributed by atoms with Crippen LogP contribution in [0.1, 0.15) is 34.8 Å². The van der Waals surface area contributed by atoms with Gasteiger partial charge in [0.25, 0.3) is 5.91 Å². The highest BCUT2D eigenvalue weighted by atomic mass is 16.5. The van der Waals surface area contributed by atoms with Crippen molar-refractivity contribution in [2.45, 2.75) is 18.8 Å². The van der Waals surface area contributed by atoms with Crippen molar-refractivity contribution in [3.8, 4) is 0 Å². The van der Waals surface area contributed by atoms with Crippen LogP contribution in [0.4, 0.5) is 5.82 Å². The average molecular weight is 230 g/mol. The molecule has 86 valence electrons. The molecule has 17 heavy (non-hydrogen) atoms. The largest absolute Gasteiger partial charge is 0.362 e. The summed E-state index contributed by atoms with van der Waals surface area (Å²) >= 11 is 0. The van der Waals surface area contributed by atoms with E-state index in [-0.39, 0.29) is 11.6 Å². The third kappa shape index (κ3) is 2.01. The first-order valence-corrected chi connectivity index (χ1v) is 5.38. The number of aromatic nitrogens is 3. The van der Waals surface area contributed by atoms with Gasteiger partial charge < -0.3 is 9.84 Å². The molecular weight excluding hydrogens is 220 g/mol. The zero-order valence-electron chi connectivity index (χ0n) is 8.96. The highest BCUT2D eigenvalue weighted by Crippen LogP contribution is 2.43. The van der Waals surface area contributed by atoms with Crippen molar-refractivity contribution in [3.05, 3.63) is 35.9 Å². The van der Waals surface area contributed by atoms with Gasteiger partial charge in [0, 0.05) is 11.8 Å². The van der Waals surface area contributed by atoms with Crippen LogP contribution in [0.2, 0.25) is 0 Å². The molecule has 2 heterocycles. The van der Waals surface area contributed by atoms with Crippen LogP contribution in [0.25, 0.3) is 0 Å². The smallest absolute Gasteiger partial charge is 0.277 e. The summed E-state index contributed by atoms with van der Waals surface area (Å²) in [6, 6.07) is 3.26. The van der Waals surface area contributed by atoms with Crippen LogP contribution >= 0.6 is 0 Å². The number of nitrogens with zero attached hydrogens (tertiary/aromatic N) is 3. The standard InChI is InChI=1S/C11H10N4O2/c16-11(9-2-1-5-12-14-9)13-10-8(6-17-15-10)7-3-4-7/h1-2,5-7H,3-4H2,(H,13,15,16). The molecule has 0 atom stereocenters. The molecule has 0 saturated heterocycles. The maximum atomic E-state index is 11.8. The number of carbonyl (C=O) groups is 1. The van der Waals surface area contributed by atoms with Crippen LogP contribution in [-0.2, 0) is 0 Å². The van der Waals surface area contributed by atoms with Crippen molar-refractivity contribution >= 4 is 11.7 Å². The van der Waals surface area contributed by atoms with Crippen LogP contribution in [0.15, 0.2) is 29.1 Å². The minimum atomic E-state index is -0.325. The first kappa shape index (κ1) is 9.95. The maximum absolute atomic E-state index is 11.8. The second-order valence-corrected chi connectivity index (χ2v) is 3.96. The van der Waals surface area contributed by atoms with Gasteiger partial charge in [0.15, 0.2) is 11.5 Å². The maximum Gasteiger partial charge on any atom is 0.277 e. The Kier molecular flexibility index (Phi) is 2.32. The molecule has 1 fully saturated rings. The van der Waals surface area contributed by atoms with E-state index in [1.165, 1.54) is 6.20 Å². The van der Waals surface area contributed by atoms with Gasteiger partial charge >= 0.3 is 0 Å². The van der Waals surface area contributed by atoms with E-state index in [2.05, 4.69) is 20.7 Å². The minimum Gasteiger partial charge on any atom is -0.362 e. The van der Waals surface area contributed by atoms with Crippen molar-refractivity contribution in [2.75, 3.05) is 5.32 Å². The monoisotopic (exact) mass is 230 g/mol. The summed E-state index contributed by atoms with van der Waals surface area (Å²) in [5.74, 6) is 0.635. The summed E-state index contributed by atoms with van der Waals surface area (Å²) in [6.45, 7) is 0. The number of rotatable bonds is 3. The Balaban J connectivity index is 1.78. The molecule has 1 N–H and O–H groups in total. The fourth-order valence-corrected chi connectivity index (χ4v) is 1.62. The molecule has 0 unspecified atom stereocenters. The molecule has 0 spiro atoms. The Bertz CT molecular complexity index is 533. The van der Waals surface area contributed by atoms with Gasteiger partial charge in [0.05, 0.1) is 0 Å². The molecule has 1 amide bonds. The Labute approximate surface area is 97.0 Å². The molecule has 6 nitrogen and oxygen atoms in total. The number of amides is 1. The number of nitrogens with one attached hydrogen (secondary N) is 1. The molecule has 0 radical (unpaired) electrons. The fourth-order valence-electron chi connectivity index (χ4n) is 1.62. The van der Waals surface area contributed by atoms with Gasteiger partial charge in [-0.3, -0.25) is 4.79 Å². The van der Waals surface area contributed by atoms with Gasteiger partial charge in [-0.1, -0.05) is 5.16 Å². The van der Waals surface area contributed by atoms with E-state index in [0.717, 1.165) is 18.4 Å². The van der Waals surface area contributed by atoms with Crippen molar-refractivity contribution < 1.29 is 9.32 Å². The van der Waals surface area contributed by atoms with E-state index in [0.29, 0.717) is 11.7 Å². The van der Waals surface area contributed by atoms with Crippen LogP contribution in [0.5, 0.6) is 0 Å². The van der Waals surface area contributed by atoms with E-state index in [1.54, 1.807) is 18.4 Å². The molecule has 1 aliphatic rings. The van der Waals surface area contributed by atoms with Gasteiger partial charge in [-0.25, -0.2) is 0 Å². The minimum absolute atomic E-state index is 0.261. The third-order valence-corrected chi connectivity index (χ3v) is 2.65. The highest BCUT2D eigenvalue weighted by Gasteiger charge is 2.29. The lowest BCUT2D eigenvalue weighted by Crippen LogP contribution is -2.15. The SMILES string of the molecule is O=C(Nc1nocc1C1CC1)c1cccnn1. The molecule has 2 aromatic rings. The molecule has 3 rings (SSSR count). The molecule has 0 aromatic carbocycles. The van der Waals surface area contributed by atoms with Crippen LogP contribution < -0.4 is 5.32 Å². The topological polar surface area (TPSA) is 80.9 Å². The molecule has 6 heteroatoms. The second kappa shape index (κ2) is 3.97. The average Bonchev–Trinajstić information content (AvgIpc) is 3.11. The molecular formula is C11H10N4O2. The van der Waals surface area contributed by atoms with Crippen LogP contribution in [0, 0.1) is 0 Å². The van der Waals surface area contributed by atoms with Gasteiger partial charge in [0.1, 0.15) is 6.26 Å². The number of anilines is 1. The summed E-state index contributed by atoms with van der Waals surface area (Å²) in [4.78, 5) is 11.8. The van der Waals surface area contributed by atoms with Crippen LogP contribution in [0.3, 0.4) is 0 Å². The number of hydrogen-bond acceptors (Lipinski definition) is 5. The molecule has 0 bridgehead atoms. The third-order valence-electron chi connectivity index (χ3n) is 2.65. The zero-order valence-corrected chi connectivity index (χ0v) is 8.96. The number of carbonyl (C=O) groups excluding carboxylic acids is 1. The predicted molar refractivity (Wildman–Crippen MR) is 58.5 cm³/mol. The molecule has 2 aromatic heterocycles. The molecule has 1 aliphatic carbocycles. The van der Waals surface area contributed by atoms with E-state index >= 15 is 0 Å². The summed E-state index contributed by atoms with van der Waals surface area (Å²) in [6.07, 6.45) is 5.34. The lowest BCUT2D eigenvalue weighted by atomic mass is 10.2. The van der Waals surface area contributed by atoms with Crippen LogP contribution in [-0.4, -0.2) is 21.3 Å². The Hall–Kier alpha value is -2.24. The van der Waals surface area contributed by atoms with Gasteiger partial charge in [0.2, 0.25) is 0 Å². The lowest BCUT2D eigenvalue weighted by molar-refractivity contribution is 0.102. The van der Waals surface area contributed by atoms with E-state index in [4.69, 9.17) is 4.52 Å². The van der Waals surface area contributed by atoms with Crippen molar-refractivity contribution in [3.63, 3.8) is 0 Å². The Morgan fingerprint density at radius 1 is 1.47 bits per heavy atom. The molecule has 1 saturated carbocycles. The van der Waals surface area contributed by atoms with Gasteiger partial charge in [-0.05, 0) is 30.9 Å². The lowest BCUT2D eigenvalue weighted by Gasteiger charge is -2.01. The Morgan fingerprint density at radius 3 is 3.06 bits per heavy atom. The first-order valence-electron chi connectivity index (χ1n) is 5.38. The summed E-state index contributed by atoms with van der Waals surface area (Å²) in [5, 5.41) is 13.8. The van der Waals surface area contributed by atoms with Gasteiger partial charge in [-0.15, -0.1) is 5.10 Å². The number of hydrogen-bond donors (Lipinski definition) is 1. The van der Waals surface area contributed by atoms with E-state index < -0.39 is 0 Å².